The first kappa shape index (κ1) is 27.6. The van der Waals surface area contributed by atoms with E-state index < -0.39 is 12.6 Å². The number of benzene rings is 2. The molecule has 0 spiro atoms. The fraction of sp³-hybridized carbons (Fsp3) is 0.483. The van der Waals surface area contributed by atoms with Gasteiger partial charge >= 0.3 is 5.97 Å². The molecule has 7 heteroatoms. The number of unbranched alkanes of at least 4 members (excludes halogenated alkanes) is 3. The third-order valence-corrected chi connectivity index (χ3v) is 6.49. The number of hydrogen-bond acceptors (Lipinski definition) is 6. The van der Waals surface area contributed by atoms with Gasteiger partial charge in [-0.2, -0.15) is 0 Å². The summed E-state index contributed by atoms with van der Waals surface area (Å²) in [6.07, 6.45) is 8.20. The number of Topliss-reactive ketones (excluding diaryl/α,β-unsaturated/α-hetero) is 1. The van der Waals surface area contributed by atoms with E-state index in [2.05, 4.69) is 10.6 Å². The van der Waals surface area contributed by atoms with Crippen LogP contribution in [0.4, 0.5) is 5.69 Å². The van der Waals surface area contributed by atoms with Crippen molar-refractivity contribution in [2.24, 2.45) is 0 Å². The van der Waals surface area contributed by atoms with Crippen LogP contribution in [-0.2, 0) is 25.7 Å². The molecule has 2 aromatic rings. The molecule has 1 aliphatic rings. The number of ketones is 1. The molecule has 0 bridgehead atoms. The maximum Gasteiger partial charge on any atom is 0.328 e. The molecule has 3 N–H and O–H groups in total. The van der Waals surface area contributed by atoms with E-state index >= 15 is 0 Å². The van der Waals surface area contributed by atoms with Gasteiger partial charge in [-0.1, -0.05) is 55.3 Å². The van der Waals surface area contributed by atoms with Crippen molar-refractivity contribution in [3.8, 4) is 0 Å². The second-order valence-electron chi connectivity index (χ2n) is 9.42. The van der Waals surface area contributed by atoms with Crippen LogP contribution in [0.1, 0.15) is 81.4 Å². The molecule has 0 saturated heterocycles. The smallest absolute Gasteiger partial charge is 0.328 e. The molecule has 0 aliphatic heterocycles. The zero-order chi connectivity index (χ0) is 25.6. The van der Waals surface area contributed by atoms with Gasteiger partial charge in [0.25, 0.3) is 0 Å². The Balaban J connectivity index is 1.43. The summed E-state index contributed by atoms with van der Waals surface area (Å²) in [7, 11) is 0. The molecular weight excluding hydrogens is 456 g/mol. The number of esters is 1. The van der Waals surface area contributed by atoms with Crippen LogP contribution in [0.25, 0.3) is 0 Å². The minimum Gasteiger partial charge on any atom is -0.461 e. The zero-order valence-corrected chi connectivity index (χ0v) is 20.9. The van der Waals surface area contributed by atoms with Crippen molar-refractivity contribution >= 4 is 23.3 Å². The predicted octanol–water partition coefficient (Wildman–Crippen LogP) is 4.84. The molecular formula is C29H38N2O5. The van der Waals surface area contributed by atoms with Crippen molar-refractivity contribution < 1.29 is 24.2 Å². The number of carbonyl (C=O) groups is 3. The molecule has 36 heavy (non-hydrogen) atoms. The number of ether oxygens (including phenoxy) is 1. The normalized spacial score (nSPS) is 14.4. The molecule has 1 saturated carbocycles. The molecule has 1 atom stereocenters. The van der Waals surface area contributed by atoms with E-state index in [1.807, 2.05) is 54.6 Å². The Labute approximate surface area is 213 Å². The molecule has 1 amide bonds. The monoisotopic (exact) mass is 494 g/mol. The highest BCUT2D eigenvalue weighted by atomic mass is 16.5. The molecule has 3 rings (SSSR count). The van der Waals surface area contributed by atoms with Crippen LogP contribution >= 0.6 is 0 Å². The van der Waals surface area contributed by atoms with E-state index in [9.17, 15) is 14.4 Å². The number of anilines is 1. The summed E-state index contributed by atoms with van der Waals surface area (Å²) < 4.78 is 5.77. The first-order valence-corrected chi connectivity index (χ1v) is 13.1. The molecule has 2 aromatic carbocycles. The lowest BCUT2D eigenvalue weighted by atomic mass is 10.1. The van der Waals surface area contributed by atoms with Gasteiger partial charge in [-0.05, 0) is 61.8 Å². The lowest BCUT2D eigenvalue weighted by Crippen LogP contribution is -2.32. The summed E-state index contributed by atoms with van der Waals surface area (Å²) >= 11 is 0. The Hall–Kier alpha value is -3.03. The van der Waals surface area contributed by atoms with Crippen molar-refractivity contribution in [1.29, 1.82) is 0 Å². The van der Waals surface area contributed by atoms with Crippen molar-refractivity contribution in [2.75, 3.05) is 11.9 Å². The van der Waals surface area contributed by atoms with Crippen LogP contribution in [-0.4, -0.2) is 35.5 Å². The SMILES string of the molecule is O=C(CO)CCCCCCC(=O)Nc1ccc(CN[C@H](C(=O)OC2CCCC2)c2ccccc2)cc1. The average molecular weight is 495 g/mol. The number of rotatable bonds is 15. The second kappa shape index (κ2) is 15.2. The van der Waals surface area contributed by atoms with E-state index in [0.29, 0.717) is 19.4 Å². The maximum atomic E-state index is 12.9. The number of carbonyl (C=O) groups excluding carboxylic acids is 3. The van der Waals surface area contributed by atoms with E-state index in [-0.39, 0.29) is 23.8 Å². The molecule has 1 fully saturated rings. The van der Waals surface area contributed by atoms with Gasteiger partial charge in [0.15, 0.2) is 5.78 Å². The third kappa shape index (κ3) is 9.55. The van der Waals surface area contributed by atoms with E-state index in [0.717, 1.165) is 68.2 Å². The number of aliphatic hydroxyl groups is 1. The number of aliphatic hydroxyl groups excluding tert-OH is 1. The lowest BCUT2D eigenvalue weighted by molar-refractivity contribution is -0.151. The summed E-state index contributed by atoms with van der Waals surface area (Å²) in [6.45, 7) is 0.101. The van der Waals surface area contributed by atoms with E-state index in [4.69, 9.17) is 9.84 Å². The van der Waals surface area contributed by atoms with Crippen LogP contribution in [0.5, 0.6) is 0 Å². The molecule has 7 nitrogen and oxygen atoms in total. The van der Waals surface area contributed by atoms with Crippen LogP contribution in [0, 0.1) is 0 Å². The standard InChI is InChI=1S/C29H38N2O5/c32-21-25(33)12-6-1-2-7-15-27(34)31-24-18-16-22(17-19-24)20-30-28(23-10-4-3-5-11-23)29(35)36-26-13-8-9-14-26/h3-5,10-11,16-19,26,28,30,32H,1-2,6-9,12-15,20-21H2,(H,31,34)/t28-/m0/s1. The highest BCUT2D eigenvalue weighted by Crippen LogP contribution is 2.24. The highest BCUT2D eigenvalue weighted by molar-refractivity contribution is 5.90. The average Bonchev–Trinajstić information content (AvgIpc) is 3.40. The van der Waals surface area contributed by atoms with Crippen LogP contribution < -0.4 is 10.6 Å². The Morgan fingerprint density at radius 2 is 1.56 bits per heavy atom. The van der Waals surface area contributed by atoms with Gasteiger partial charge < -0.3 is 15.2 Å². The van der Waals surface area contributed by atoms with Gasteiger partial charge in [0, 0.05) is 25.1 Å². The van der Waals surface area contributed by atoms with Crippen molar-refractivity contribution in [3.05, 3.63) is 65.7 Å². The summed E-state index contributed by atoms with van der Waals surface area (Å²) in [5, 5.41) is 15.0. The van der Waals surface area contributed by atoms with Gasteiger partial charge in [-0.25, -0.2) is 4.79 Å². The third-order valence-electron chi connectivity index (χ3n) is 6.49. The molecule has 0 heterocycles. The fourth-order valence-corrected chi connectivity index (χ4v) is 4.41. The topological polar surface area (TPSA) is 105 Å². The van der Waals surface area contributed by atoms with Crippen molar-refractivity contribution in [1.82, 2.24) is 5.32 Å². The van der Waals surface area contributed by atoms with Gasteiger partial charge in [0.2, 0.25) is 5.91 Å². The highest BCUT2D eigenvalue weighted by Gasteiger charge is 2.26. The van der Waals surface area contributed by atoms with Crippen LogP contribution in [0.3, 0.4) is 0 Å². The van der Waals surface area contributed by atoms with Gasteiger partial charge in [0.05, 0.1) is 0 Å². The maximum absolute atomic E-state index is 12.9. The summed E-state index contributed by atoms with van der Waals surface area (Å²) in [6, 6.07) is 16.7. The largest absolute Gasteiger partial charge is 0.461 e. The van der Waals surface area contributed by atoms with Crippen LogP contribution in [0.15, 0.2) is 54.6 Å². The van der Waals surface area contributed by atoms with Gasteiger partial charge in [-0.3, -0.25) is 14.9 Å². The van der Waals surface area contributed by atoms with Crippen LogP contribution in [0.2, 0.25) is 0 Å². The first-order chi connectivity index (χ1) is 17.5. The fourth-order valence-electron chi connectivity index (χ4n) is 4.41. The molecule has 194 valence electrons. The minimum absolute atomic E-state index is 0.0175. The Kier molecular flexibility index (Phi) is 11.6. The summed E-state index contributed by atoms with van der Waals surface area (Å²) in [5.41, 5.74) is 2.61. The number of hydrogen-bond donors (Lipinski definition) is 3. The van der Waals surface area contributed by atoms with Crippen molar-refractivity contribution in [2.45, 2.75) is 82.9 Å². The quantitative estimate of drug-likeness (QED) is 0.242. The molecule has 0 aromatic heterocycles. The van der Waals surface area contributed by atoms with Gasteiger partial charge in [0.1, 0.15) is 18.8 Å². The Morgan fingerprint density at radius 3 is 2.22 bits per heavy atom. The molecule has 0 radical (unpaired) electrons. The second-order valence-corrected chi connectivity index (χ2v) is 9.42. The van der Waals surface area contributed by atoms with E-state index in [1.54, 1.807) is 0 Å². The summed E-state index contributed by atoms with van der Waals surface area (Å²) in [5.74, 6) is -0.408. The number of nitrogens with one attached hydrogen (secondary N) is 2. The van der Waals surface area contributed by atoms with Gasteiger partial charge in [-0.15, -0.1) is 0 Å². The summed E-state index contributed by atoms with van der Waals surface area (Å²) in [4.78, 5) is 36.2. The first-order valence-electron chi connectivity index (χ1n) is 13.1. The molecule has 0 unspecified atom stereocenters. The van der Waals surface area contributed by atoms with E-state index in [1.165, 1.54) is 0 Å². The Morgan fingerprint density at radius 1 is 0.889 bits per heavy atom. The zero-order valence-electron chi connectivity index (χ0n) is 20.9. The lowest BCUT2D eigenvalue weighted by Gasteiger charge is -2.21. The Bertz CT molecular complexity index is 955. The molecule has 1 aliphatic carbocycles. The number of amides is 1. The van der Waals surface area contributed by atoms with Crippen molar-refractivity contribution in [3.63, 3.8) is 0 Å². The minimum atomic E-state index is -0.534. The predicted molar refractivity (Wildman–Crippen MR) is 139 cm³/mol.